The van der Waals surface area contributed by atoms with E-state index in [0.29, 0.717) is 29.6 Å². The fourth-order valence-electron chi connectivity index (χ4n) is 4.90. The van der Waals surface area contributed by atoms with Gasteiger partial charge in [0.15, 0.2) is 0 Å². The standard InChI is InChI=1S/C23H26F3N5O5/c1-36-19-4-2-3-16-15(19)9-17(30-16)22(34)31-11-13(23(24,25)26)8-18(31)21(33)29-14(10-28-35)7-12-5-6-27-20(12)32/h2-4,9,12-14,18,30H,5-8,10-11H2,1H3,(H,27,32)(H,29,33)/t12-,13+,14?,18-/m0/s1. The van der Waals surface area contributed by atoms with Crippen molar-refractivity contribution < 1.29 is 32.3 Å². The Hall–Kier alpha value is -3.64. The number of nitrogens with one attached hydrogen (secondary N) is 3. The fraction of sp³-hybridized carbons (Fsp3) is 0.522. The van der Waals surface area contributed by atoms with Crippen molar-refractivity contribution in [2.24, 2.45) is 17.0 Å². The van der Waals surface area contributed by atoms with E-state index in [1.165, 1.54) is 13.2 Å². The van der Waals surface area contributed by atoms with Crippen LogP contribution in [0.25, 0.3) is 10.9 Å². The van der Waals surface area contributed by atoms with Crippen LogP contribution in [0.4, 0.5) is 13.2 Å². The van der Waals surface area contributed by atoms with Crippen LogP contribution >= 0.6 is 0 Å². The Bertz CT molecular complexity index is 1170. The van der Waals surface area contributed by atoms with E-state index in [-0.39, 0.29) is 24.6 Å². The number of nitroso groups, excluding NO2 is 1. The molecule has 10 nitrogen and oxygen atoms in total. The summed E-state index contributed by atoms with van der Waals surface area (Å²) in [6, 6.07) is 4.29. The summed E-state index contributed by atoms with van der Waals surface area (Å²) in [6.07, 6.45) is -4.59. The van der Waals surface area contributed by atoms with Gasteiger partial charge in [-0.15, -0.1) is 0 Å². The average Bonchev–Trinajstić information content (AvgIpc) is 3.56. The van der Waals surface area contributed by atoms with Crippen LogP contribution in [0.3, 0.4) is 0 Å². The third-order valence-corrected chi connectivity index (χ3v) is 6.78. The minimum absolute atomic E-state index is 0.0175. The minimum atomic E-state index is -4.61. The number of hydrogen-bond acceptors (Lipinski definition) is 6. The zero-order valence-electron chi connectivity index (χ0n) is 19.4. The van der Waals surface area contributed by atoms with Gasteiger partial charge in [0.25, 0.3) is 5.91 Å². The lowest BCUT2D eigenvalue weighted by molar-refractivity contribution is -0.170. The number of amides is 3. The molecule has 2 fully saturated rings. The zero-order valence-corrected chi connectivity index (χ0v) is 19.4. The van der Waals surface area contributed by atoms with E-state index in [0.717, 1.165) is 4.90 Å². The van der Waals surface area contributed by atoms with Gasteiger partial charge in [-0.05, 0) is 37.5 Å². The summed E-state index contributed by atoms with van der Waals surface area (Å²) in [7, 11) is 1.46. The van der Waals surface area contributed by atoms with Gasteiger partial charge in [0, 0.05) is 29.9 Å². The van der Waals surface area contributed by atoms with E-state index in [2.05, 4.69) is 20.8 Å². The molecule has 4 atom stereocenters. The molecule has 2 aliphatic rings. The lowest BCUT2D eigenvalue weighted by Crippen LogP contribution is -2.50. The molecule has 36 heavy (non-hydrogen) atoms. The molecule has 2 aromatic rings. The molecule has 0 aliphatic carbocycles. The molecule has 4 rings (SSSR count). The van der Waals surface area contributed by atoms with E-state index in [4.69, 9.17) is 4.74 Å². The number of benzene rings is 1. The highest BCUT2D eigenvalue weighted by Gasteiger charge is 2.51. The van der Waals surface area contributed by atoms with Crippen LogP contribution in [0, 0.1) is 16.7 Å². The molecule has 13 heteroatoms. The molecule has 2 saturated heterocycles. The maximum absolute atomic E-state index is 13.6. The summed E-state index contributed by atoms with van der Waals surface area (Å²) in [6.45, 7) is -0.568. The van der Waals surface area contributed by atoms with Gasteiger partial charge in [0.1, 0.15) is 24.0 Å². The van der Waals surface area contributed by atoms with Crippen LogP contribution in [0.1, 0.15) is 29.8 Å². The largest absolute Gasteiger partial charge is 0.496 e. The number of H-pyrrole nitrogens is 1. The topological polar surface area (TPSA) is 133 Å². The van der Waals surface area contributed by atoms with Crippen LogP contribution in [0.2, 0.25) is 0 Å². The van der Waals surface area contributed by atoms with Gasteiger partial charge >= 0.3 is 6.18 Å². The SMILES string of the molecule is COc1cccc2[nH]c(C(=O)N3C[C@H](C(F)(F)F)C[C@H]3C(=O)NC(CN=O)C[C@@H]3CCNC3=O)cc12. The Kier molecular flexibility index (Phi) is 7.18. The molecule has 1 unspecified atom stereocenters. The van der Waals surface area contributed by atoms with Crippen molar-refractivity contribution in [3.05, 3.63) is 34.9 Å². The maximum atomic E-state index is 13.6. The second-order valence-corrected chi connectivity index (χ2v) is 9.08. The van der Waals surface area contributed by atoms with Crippen LogP contribution in [0.15, 0.2) is 29.4 Å². The second-order valence-electron chi connectivity index (χ2n) is 9.08. The van der Waals surface area contributed by atoms with Gasteiger partial charge < -0.3 is 25.3 Å². The predicted molar refractivity (Wildman–Crippen MR) is 122 cm³/mol. The van der Waals surface area contributed by atoms with Crippen LogP contribution in [0.5, 0.6) is 5.75 Å². The number of ether oxygens (including phenoxy) is 1. The fourth-order valence-corrected chi connectivity index (χ4v) is 4.90. The van der Waals surface area contributed by atoms with Crippen molar-refractivity contribution in [3.63, 3.8) is 0 Å². The number of carbonyl (C=O) groups excluding carboxylic acids is 3. The van der Waals surface area contributed by atoms with E-state index in [9.17, 15) is 32.5 Å². The molecule has 0 saturated carbocycles. The number of methoxy groups -OCH3 is 1. The number of halogens is 3. The Labute approximate surface area is 203 Å². The summed E-state index contributed by atoms with van der Waals surface area (Å²) in [5.41, 5.74) is 0.570. The molecular formula is C23H26F3N5O5. The number of fused-ring (bicyclic) bond motifs is 1. The van der Waals surface area contributed by atoms with E-state index in [1.807, 2.05) is 0 Å². The van der Waals surface area contributed by atoms with Gasteiger partial charge in [0.05, 0.1) is 19.1 Å². The highest BCUT2D eigenvalue weighted by atomic mass is 19.4. The number of hydrogen-bond donors (Lipinski definition) is 3. The second kappa shape index (κ2) is 10.2. The Morgan fingerprint density at radius 1 is 1.33 bits per heavy atom. The number of nitrogens with zero attached hydrogens (tertiary/aromatic N) is 2. The maximum Gasteiger partial charge on any atom is 0.393 e. The molecule has 1 aromatic carbocycles. The van der Waals surface area contributed by atoms with Crippen LogP contribution in [-0.4, -0.2) is 72.6 Å². The summed E-state index contributed by atoms with van der Waals surface area (Å²) in [4.78, 5) is 53.1. The van der Waals surface area contributed by atoms with Crippen molar-refractivity contribution in [2.45, 2.75) is 37.5 Å². The summed E-state index contributed by atoms with van der Waals surface area (Å²) >= 11 is 0. The Balaban J connectivity index is 1.57. The molecule has 0 bridgehead atoms. The lowest BCUT2D eigenvalue weighted by atomic mass is 9.97. The lowest BCUT2D eigenvalue weighted by Gasteiger charge is -2.26. The molecule has 1 aromatic heterocycles. The quantitative estimate of drug-likeness (QED) is 0.470. The highest BCUT2D eigenvalue weighted by molar-refractivity contribution is 6.01. The summed E-state index contributed by atoms with van der Waals surface area (Å²) < 4.78 is 46.1. The molecular weight excluding hydrogens is 483 g/mol. The summed E-state index contributed by atoms with van der Waals surface area (Å²) in [5, 5.41) is 8.59. The monoisotopic (exact) mass is 509 g/mol. The van der Waals surface area contributed by atoms with Crippen LogP contribution < -0.4 is 15.4 Å². The van der Waals surface area contributed by atoms with Crippen molar-refractivity contribution in [2.75, 3.05) is 26.7 Å². The molecule has 2 aliphatic heterocycles. The minimum Gasteiger partial charge on any atom is -0.496 e. The Morgan fingerprint density at radius 3 is 2.75 bits per heavy atom. The van der Waals surface area contributed by atoms with Crippen molar-refractivity contribution in [1.82, 2.24) is 20.5 Å². The Morgan fingerprint density at radius 2 is 2.11 bits per heavy atom. The zero-order chi connectivity index (χ0) is 26.0. The van der Waals surface area contributed by atoms with Gasteiger partial charge in [-0.1, -0.05) is 11.2 Å². The first-order valence-electron chi connectivity index (χ1n) is 11.5. The van der Waals surface area contributed by atoms with Gasteiger partial charge in [-0.3, -0.25) is 14.4 Å². The number of alkyl halides is 3. The molecule has 0 spiro atoms. The van der Waals surface area contributed by atoms with E-state index in [1.54, 1.807) is 18.2 Å². The summed E-state index contributed by atoms with van der Waals surface area (Å²) in [5.74, 6) is -3.66. The van der Waals surface area contributed by atoms with Gasteiger partial charge in [0.2, 0.25) is 11.8 Å². The predicted octanol–water partition coefficient (Wildman–Crippen LogP) is 2.35. The first kappa shape index (κ1) is 25.5. The number of carbonyl (C=O) groups is 3. The molecule has 3 heterocycles. The molecule has 3 N–H and O–H groups in total. The normalized spacial score (nSPS) is 22.9. The van der Waals surface area contributed by atoms with Crippen molar-refractivity contribution in [1.29, 1.82) is 0 Å². The van der Waals surface area contributed by atoms with Gasteiger partial charge in [-0.2, -0.15) is 18.1 Å². The molecule has 0 radical (unpaired) electrons. The van der Waals surface area contributed by atoms with E-state index >= 15 is 0 Å². The van der Waals surface area contributed by atoms with Crippen molar-refractivity contribution >= 4 is 28.6 Å². The third kappa shape index (κ3) is 5.14. The smallest absolute Gasteiger partial charge is 0.393 e. The van der Waals surface area contributed by atoms with Crippen molar-refractivity contribution in [3.8, 4) is 5.75 Å². The first-order chi connectivity index (χ1) is 17.1. The molecule has 3 amide bonds. The van der Waals surface area contributed by atoms with Crippen LogP contribution in [-0.2, 0) is 9.59 Å². The molecule has 194 valence electrons. The first-order valence-corrected chi connectivity index (χ1v) is 11.5. The number of likely N-dealkylation sites (tertiary alicyclic amines) is 1. The number of rotatable bonds is 8. The van der Waals surface area contributed by atoms with Gasteiger partial charge in [-0.25, -0.2) is 0 Å². The highest BCUT2D eigenvalue weighted by Crippen LogP contribution is 2.38. The average molecular weight is 509 g/mol. The number of aromatic nitrogens is 1. The third-order valence-electron chi connectivity index (χ3n) is 6.78. The number of aromatic amines is 1. The van der Waals surface area contributed by atoms with E-state index < -0.39 is 54.9 Å².